The highest BCUT2D eigenvalue weighted by Crippen LogP contribution is 2.23. The van der Waals surface area contributed by atoms with Crippen molar-refractivity contribution in [2.24, 2.45) is 0 Å². The monoisotopic (exact) mass is 251 g/mol. The minimum atomic E-state index is 0.147. The fourth-order valence-electron chi connectivity index (χ4n) is 2.42. The maximum Gasteiger partial charge on any atom is 0.130 e. The van der Waals surface area contributed by atoms with Gasteiger partial charge in [0, 0.05) is 18.8 Å². The van der Waals surface area contributed by atoms with Gasteiger partial charge in [-0.1, -0.05) is 6.07 Å². The van der Waals surface area contributed by atoms with E-state index in [1.54, 1.807) is 6.08 Å². The molecule has 0 bridgehead atoms. The van der Waals surface area contributed by atoms with Crippen LogP contribution >= 0.6 is 0 Å². The van der Waals surface area contributed by atoms with Gasteiger partial charge in [-0.2, -0.15) is 10.5 Å². The Morgan fingerprint density at radius 1 is 1.16 bits per heavy atom. The second-order valence-electron chi connectivity index (χ2n) is 4.87. The zero-order valence-corrected chi connectivity index (χ0v) is 11.2. The molecule has 3 heteroatoms. The van der Waals surface area contributed by atoms with Crippen molar-refractivity contribution in [1.82, 2.24) is 0 Å². The van der Waals surface area contributed by atoms with Gasteiger partial charge in [0.15, 0.2) is 0 Å². The fourth-order valence-corrected chi connectivity index (χ4v) is 2.42. The van der Waals surface area contributed by atoms with Crippen molar-refractivity contribution in [3.05, 3.63) is 34.9 Å². The first-order valence-electron chi connectivity index (χ1n) is 6.62. The molecule has 0 amide bonds. The maximum atomic E-state index is 8.79. The van der Waals surface area contributed by atoms with Gasteiger partial charge in [0.25, 0.3) is 0 Å². The van der Waals surface area contributed by atoms with Crippen LogP contribution in [0.1, 0.15) is 30.4 Å². The normalized spacial score (nSPS) is 14.4. The number of piperidine rings is 1. The lowest BCUT2D eigenvalue weighted by molar-refractivity contribution is 0.578. The Bertz CT molecular complexity index is 551. The van der Waals surface area contributed by atoms with Crippen LogP contribution in [0.3, 0.4) is 0 Å². The number of nitrogens with zero attached hydrogens (tertiary/aromatic N) is 3. The van der Waals surface area contributed by atoms with E-state index in [1.807, 2.05) is 25.1 Å². The Kier molecular flexibility index (Phi) is 4.21. The van der Waals surface area contributed by atoms with Gasteiger partial charge in [-0.05, 0) is 55.5 Å². The van der Waals surface area contributed by atoms with Gasteiger partial charge in [-0.3, -0.25) is 0 Å². The van der Waals surface area contributed by atoms with Crippen LogP contribution in [0.2, 0.25) is 0 Å². The van der Waals surface area contributed by atoms with Crippen LogP contribution in [0.4, 0.5) is 5.69 Å². The number of benzene rings is 1. The number of allylic oxidation sites excluding steroid dienone is 1. The molecule has 0 saturated carbocycles. The van der Waals surface area contributed by atoms with E-state index in [4.69, 9.17) is 10.5 Å². The first-order valence-corrected chi connectivity index (χ1v) is 6.62. The molecule has 1 aliphatic heterocycles. The van der Waals surface area contributed by atoms with E-state index in [2.05, 4.69) is 17.0 Å². The topological polar surface area (TPSA) is 50.8 Å². The third-order valence-corrected chi connectivity index (χ3v) is 3.52. The smallest absolute Gasteiger partial charge is 0.130 e. The first kappa shape index (κ1) is 13.2. The van der Waals surface area contributed by atoms with Crippen molar-refractivity contribution in [3.63, 3.8) is 0 Å². The average molecular weight is 251 g/mol. The first-order chi connectivity index (χ1) is 9.24. The maximum absolute atomic E-state index is 8.79. The van der Waals surface area contributed by atoms with Crippen molar-refractivity contribution >= 4 is 11.8 Å². The molecule has 96 valence electrons. The molecule has 2 rings (SSSR count). The summed E-state index contributed by atoms with van der Waals surface area (Å²) in [6.45, 7) is 4.26. The molecule has 0 atom stereocenters. The summed E-state index contributed by atoms with van der Waals surface area (Å²) in [5.74, 6) is 0. The van der Waals surface area contributed by atoms with E-state index >= 15 is 0 Å². The average Bonchev–Trinajstić information content (AvgIpc) is 2.47. The quantitative estimate of drug-likeness (QED) is 0.757. The van der Waals surface area contributed by atoms with Crippen LogP contribution < -0.4 is 4.90 Å². The van der Waals surface area contributed by atoms with Crippen molar-refractivity contribution in [3.8, 4) is 12.1 Å². The summed E-state index contributed by atoms with van der Waals surface area (Å²) < 4.78 is 0. The van der Waals surface area contributed by atoms with Crippen molar-refractivity contribution < 1.29 is 0 Å². The molecule has 1 aromatic carbocycles. The second kappa shape index (κ2) is 6.07. The van der Waals surface area contributed by atoms with Gasteiger partial charge in [0.2, 0.25) is 0 Å². The lowest BCUT2D eigenvalue weighted by atomic mass is 10.0. The van der Waals surface area contributed by atoms with Crippen molar-refractivity contribution in [2.45, 2.75) is 26.2 Å². The van der Waals surface area contributed by atoms with Gasteiger partial charge in [0.1, 0.15) is 17.7 Å². The molecule has 0 spiro atoms. The Balaban J connectivity index is 2.25. The Morgan fingerprint density at radius 2 is 1.84 bits per heavy atom. The van der Waals surface area contributed by atoms with E-state index in [0.717, 1.165) is 24.2 Å². The van der Waals surface area contributed by atoms with Gasteiger partial charge < -0.3 is 4.90 Å². The summed E-state index contributed by atoms with van der Waals surface area (Å²) in [5.41, 5.74) is 3.43. The largest absolute Gasteiger partial charge is 0.372 e. The lowest BCUT2D eigenvalue weighted by Gasteiger charge is -2.29. The molecule has 0 radical (unpaired) electrons. The van der Waals surface area contributed by atoms with E-state index < -0.39 is 0 Å². The van der Waals surface area contributed by atoms with Crippen LogP contribution in [-0.2, 0) is 0 Å². The predicted octanol–water partition coefficient (Wildman–Crippen LogP) is 3.42. The third kappa shape index (κ3) is 3.14. The Morgan fingerprint density at radius 3 is 2.42 bits per heavy atom. The molecule has 3 nitrogen and oxygen atoms in total. The van der Waals surface area contributed by atoms with Gasteiger partial charge in [-0.25, -0.2) is 0 Å². The summed E-state index contributed by atoms with van der Waals surface area (Å²) in [5, 5.41) is 17.6. The zero-order chi connectivity index (χ0) is 13.7. The number of hydrogen-bond donors (Lipinski definition) is 0. The van der Waals surface area contributed by atoms with Gasteiger partial charge >= 0.3 is 0 Å². The van der Waals surface area contributed by atoms with Gasteiger partial charge in [-0.15, -0.1) is 0 Å². The Labute approximate surface area is 114 Å². The highest BCUT2D eigenvalue weighted by atomic mass is 15.1. The molecule has 1 aromatic rings. The fraction of sp³-hybridized carbons (Fsp3) is 0.375. The zero-order valence-electron chi connectivity index (χ0n) is 11.2. The molecule has 0 aliphatic carbocycles. The standard InChI is InChI=1S/C16H17N3/c1-13-9-16(19-7-3-2-4-8-19)6-5-15(13)10-14(11-17)12-18/h5-6,9-10H,2-4,7-8H2,1H3. The molecule has 1 fully saturated rings. The SMILES string of the molecule is Cc1cc(N2CCCCC2)ccc1C=C(C#N)C#N. The lowest BCUT2D eigenvalue weighted by Crippen LogP contribution is -2.29. The second-order valence-corrected chi connectivity index (χ2v) is 4.87. The summed E-state index contributed by atoms with van der Waals surface area (Å²) >= 11 is 0. The molecule has 0 unspecified atom stereocenters. The summed E-state index contributed by atoms with van der Waals surface area (Å²) in [4.78, 5) is 2.40. The molecule has 0 aromatic heterocycles. The van der Waals surface area contributed by atoms with Gasteiger partial charge in [0.05, 0.1) is 0 Å². The molecule has 0 N–H and O–H groups in total. The summed E-state index contributed by atoms with van der Waals surface area (Å²) in [6.07, 6.45) is 5.49. The molecular formula is C16H17N3. The number of rotatable bonds is 2. The number of anilines is 1. The molecule has 19 heavy (non-hydrogen) atoms. The molecule has 1 heterocycles. The van der Waals surface area contributed by atoms with Crippen LogP contribution in [0, 0.1) is 29.6 Å². The van der Waals surface area contributed by atoms with Crippen molar-refractivity contribution in [2.75, 3.05) is 18.0 Å². The molecule has 1 aliphatic rings. The van der Waals surface area contributed by atoms with Crippen LogP contribution in [0.5, 0.6) is 0 Å². The number of aryl methyl sites for hydroxylation is 1. The Hall–Kier alpha value is -2.26. The number of nitriles is 2. The van der Waals surface area contributed by atoms with Crippen LogP contribution in [0.15, 0.2) is 23.8 Å². The highest BCUT2D eigenvalue weighted by molar-refractivity contribution is 5.66. The predicted molar refractivity (Wildman–Crippen MR) is 76.4 cm³/mol. The third-order valence-electron chi connectivity index (χ3n) is 3.52. The van der Waals surface area contributed by atoms with E-state index in [9.17, 15) is 0 Å². The highest BCUT2D eigenvalue weighted by Gasteiger charge is 2.11. The van der Waals surface area contributed by atoms with Crippen LogP contribution in [0.25, 0.3) is 6.08 Å². The summed E-state index contributed by atoms with van der Waals surface area (Å²) in [7, 11) is 0. The molecule has 1 saturated heterocycles. The van der Waals surface area contributed by atoms with E-state index in [0.29, 0.717) is 0 Å². The van der Waals surface area contributed by atoms with E-state index in [-0.39, 0.29) is 5.57 Å². The minimum absolute atomic E-state index is 0.147. The number of hydrogen-bond acceptors (Lipinski definition) is 3. The summed E-state index contributed by atoms with van der Waals surface area (Å²) in [6, 6.07) is 10.0. The molecular weight excluding hydrogens is 234 g/mol. The minimum Gasteiger partial charge on any atom is -0.372 e. The van der Waals surface area contributed by atoms with Crippen molar-refractivity contribution in [1.29, 1.82) is 10.5 Å². The van der Waals surface area contributed by atoms with E-state index in [1.165, 1.54) is 24.9 Å². The van der Waals surface area contributed by atoms with Crippen LogP contribution in [-0.4, -0.2) is 13.1 Å².